The summed E-state index contributed by atoms with van der Waals surface area (Å²) in [5, 5.41) is 0. The monoisotopic (exact) mass is 468 g/mol. The molecule has 0 unspecified atom stereocenters. The van der Waals surface area contributed by atoms with Crippen LogP contribution in [0.15, 0.2) is 82.6 Å². The first-order chi connectivity index (χ1) is 15.4. The number of carbonyl (C=O) groups excluding carboxylic acids is 1. The third-order valence-corrected chi connectivity index (χ3v) is 8.11. The molecule has 0 saturated carbocycles. The topological polar surface area (TPSA) is 66.9 Å². The Labute approximate surface area is 192 Å². The highest BCUT2D eigenvalue weighted by atomic mass is 32.2. The van der Waals surface area contributed by atoms with Crippen LogP contribution in [0, 0.1) is 6.92 Å². The van der Waals surface area contributed by atoms with Crippen molar-refractivity contribution in [1.29, 1.82) is 0 Å². The van der Waals surface area contributed by atoms with Crippen molar-refractivity contribution in [3.63, 3.8) is 0 Å². The summed E-state index contributed by atoms with van der Waals surface area (Å²) in [6.07, 6.45) is 0. The Morgan fingerprint density at radius 2 is 1.72 bits per heavy atom. The molecule has 3 aromatic carbocycles. The summed E-state index contributed by atoms with van der Waals surface area (Å²) < 4.78 is 32.6. The quantitative estimate of drug-likeness (QED) is 0.539. The van der Waals surface area contributed by atoms with Gasteiger partial charge in [-0.1, -0.05) is 29.8 Å². The maximum Gasteiger partial charge on any atom is 0.264 e. The summed E-state index contributed by atoms with van der Waals surface area (Å²) in [5.41, 5.74) is 2.41. The van der Waals surface area contributed by atoms with E-state index in [9.17, 15) is 13.2 Å². The molecule has 3 aromatic rings. The lowest BCUT2D eigenvalue weighted by Gasteiger charge is -2.28. The molecule has 0 bridgehead atoms. The number of rotatable bonds is 6. The van der Waals surface area contributed by atoms with Gasteiger partial charge in [-0.2, -0.15) is 0 Å². The molecule has 8 heteroatoms. The Morgan fingerprint density at radius 3 is 2.44 bits per heavy atom. The molecule has 166 valence electrons. The second-order valence-corrected chi connectivity index (χ2v) is 10.5. The van der Waals surface area contributed by atoms with Gasteiger partial charge in [0.2, 0.25) is 0 Å². The number of para-hydroxylation sites is 1. The van der Waals surface area contributed by atoms with Crippen LogP contribution in [-0.2, 0) is 14.8 Å². The smallest absolute Gasteiger partial charge is 0.264 e. The molecular formula is C24H24N2O4S2. The van der Waals surface area contributed by atoms with Crippen LogP contribution in [0.3, 0.4) is 0 Å². The second kappa shape index (κ2) is 9.26. The molecule has 0 radical (unpaired) electrons. The summed E-state index contributed by atoms with van der Waals surface area (Å²) >= 11 is 1.74. The minimum atomic E-state index is -3.66. The van der Waals surface area contributed by atoms with Crippen LogP contribution in [0.25, 0.3) is 0 Å². The van der Waals surface area contributed by atoms with Gasteiger partial charge in [0.05, 0.1) is 16.3 Å². The average Bonchev–Trinajstić information content (AvgIpc) is 2.82. The van der Waals surface area contributed by atoms with Crippen molar-refractivity contribution in [2.75, 3.05) is 35.2 Å². The van der Waals surface area contributed by atoms with Crippen molar-refractivity contribution >= 4 is 39.1 Å². The number of nitrogens with zero attached hydrogens (tertiary/aromatic N) is 2. The van der Waals surface area contributed by atoms with E-state index in [-0.39, 0.29) is 17.4 Å². The number of hydrogen-bond donors (Lipinski definition) is 0. The van der Waals surface area contributed by atoms with Gasteiger partial charge in [-0.15, -0.1) is 11.8 Å². The van der Waals surface area contributed by atoms with E-state index >= 15 is 0 Å². The van der Waals surface area contributed by atoms with E-state index in [1.54, 1.807) is 65.2 Å². The van der Waals surface area contributed by atoms with Crippen molar-refractivity contribution in [3.05, 3.63) is 78.4 Å². The summed E-state index contributed by atoms with van der Waals surface area (Å²) in [7, 11) is -2.15. The first kappa shape index (κ1) is 22.2. The lowest BCUT2D eigenvalue weighted by molar-refractivity contribution is -0.120. The lowest BCUT2D eigenvalue weighted by atomic mass is 10.2. The Bertz CT molecular complexity index is 1210. The number of anilines is 2. The zero-order chi connectivity index (χ0) is 22.7. The predicted molar refractivity (Wildman–Crippen MR) is 128 cm³/mol. The minimum Gasteiger partial charge on any atom is -0.484 e. The summed E-state index contributed by atoms with van der Waals surface area (Å²) in [6, 6.07) is 21.3. The highest BCUT2D eigenvalue weighted by Gasteiger charge is 2.23. The maximum absolute atomic E-state index is 12.9. The fourth-order valence-corrected chi connectivity index (χ4v) is 5.60. The van der Waals surface area contributed by atoms with Gasteiger partial charge in [-0.3, -0.25) is 9.10 Å². The number of thioether (sulfide) groups is 1. The van der Waals surface area contributed by atoms with E-state index in [4.69, 9.17) is 4.74 Å². The lowest BCUT2D eigenvalue weighted by Crippen LogP contribution is -2.38. The van der Waals surface area contributed by atoms with Crippen LogP contribution in [-0.4, -0.2) is 40.3 Å². The number of sulfonamides is 1. The zero-order valence-electron chi connectivity index (χ0n) is 17.9. The number of carbonyl (C=O) groups is 1. The molecule has 1 amide bonds. The van der Waals surface area contributed by atoms with Gasteiger partial charge in [0.25, 0.3) is 15.9 Å². The number of aryl methyl sites for hydroxylation is 1. The van der Waals surface area contributed by atoms with Crippen molar-refractivity contribution in [2.24, 2.45) is 0 Å². The first-order valence-corrected chi connectivity index (χ1v) is 12.6. The highest BCUT2D eigenvalue weighted by Crippen LogP contribution is 2.34. The molecule has 0 spiro atoms. The van der Waals surface area contributed by atoms with Gasteiger partial charge in [0.15, 0.2) is 6.61 Å². The molecule has 1 heterocycles. The third-order valence-electron chi connectivity index (χ3n) is 5.27. The molecule has 4 rings (SSSR count). The predicted octanol–water partition coefficient (Wildman–Crippen LogP) is 4.34. The van der Waals surface area contributed by atoms with E-state index in [1.165, 1.54) is 11.4 Å². The Balaban J connectivity index is 1.41. The molecule has 32 heavy (non-hydrogen) atoms. The third kappa shape index (κ3) is 4.61. The summed E-state index contributed by atoms with van der Waals surface area (Å²) in [6.45, 7) is 2.47. The normalized spacial score (nSPS) is 13.4. The van der Waals surface area contributed by atoms with Gasteiger partial charge >= 0.3 is 0 Å². The maximum atomic E-state index is 12.9. The molecule has 0 saturated heterocycles. The minimum absolute atomic E-state index is 0.0874. The first-order valence-electron chi connectivity index (χ1n) is 10.2. The number of fused-ring (bicyclic) bond motifs is 1. The largest absolute Gasteiger partial charge is 0.484 e. The zero-order valence-corrected chi connectivity index (χ0v) is 19.5. The van der Waals surface area contributed by atoms with Gasteiger partial charge < -0.3 is 9.64 Å². The van der Waals surface area contributed by atoms with Crippen LogP contribution in [0.1, 0.15) is 5.56 Å². The van der Waals surface area contributed by atoms with Crippen molar-refractivity contribution in [1.82, 2.24) is 0 Å². The van der Waals surface area contributed by atoms with Crippen LogP contribution in [0.5, 0.6) is 5.75 Å². The van der Waals surface area contributed by atoms with E-state index in [1.807, 2.05) is 31.2 Å². The van der Waals surface area contributed by atoms with Crippen molar-refractivity contribution < 1.29 is 17.9 Å². The molecule has 1 aliphatic heterocycles. The van der Waals surface area contributed by atoms with Crippen molar-refractivity contribution in [3.8, 4) is 5.75 Å². The van der Waals surface area contributed by atoms with Crippen LogP contribution < -0.4 is 13.9 Å². The van der Waals surface area contributed by atoms with E-state index in [2.05, 4.69) is 0 Å². The highest BCUT2D eigenvalue weighted by molar-refractivity contribution is 7.99. The molecule has 0 aromatic heterocycles. The van der Waals surface area contributed by atoms with E-state index < -0.39 is 10.0 Å². The van der Waals surface area contributed by atoms with Gasteiger partial charge in [-0.25, -0.2) is 8.42 Å². The molecule has 0 N–H and O–H groups in total. The Hall–Kier alpha value is -2.97. The standard InChI is InChI=1S/C24H24N2O4S2/c1-18-7-13-21(14-8-18)32(28,29)25(2)19-9-11-20(12-10-19)30-17-24(27)26-15-16-31-23-6-4-3-5-22(23)26/h3-14H,15-17H2,1-2H3. The second-order valence-electron chi connectivity index (χ2n) is 7.43. The molecule has 0 fully saturated rings. The average molecular weight is 469 g/mol. The molecule has 1 aliphatic rings. The van der Waals surface area contributed by atoms with Crippen LogP contribution in [0.4, 0.5) is 11.4 Å². The molecule has 6 nitrogen and oxygen atoms in total. The summed E-state index contributed by atoms with van der Waals surface area (Å²) in [5.74, 6) is 1.24. The Morgan fingerprint density at radius 1 is 1.03 bits per heavy atom. The van der Waals surface area contributed by atoms with E-state index in [0.29, 0.717) is 18.0 Å². The number of benzene rings is 3. The number of amides is 1. The van der Waals surface area contributed by atoms with Crippen LogP contribution in [0.2, 0.25) is 0 Å². The summed E-state index contributed by atoms with van der Waals surface area (Å²) in [4.78, 5) is 15.8. The fourth-order valence-electron chi connectivity index (χ4n) is 3.41. The van der Waals surface area contributed by atoms with E-state index in [0.717, 1.165) is 21.9 Å². The number of hydrogen-bond acceptors (Lipinski definition) is 5. The van der Waals surface area contributed by atoms with Gasteiger partial charge in [0, 0.05) is 24.2 Å². The SMILES string of the molecule is Cc1ccc(S(=O)(=O)N(C)c2ccc(OCC(=O)N3CCSc4ccccc43)cc2)cc1. The fraction of sp³-hybridized carbons (Fsp3) is 0.208. The molecular weight excluding hydrogens is 444 g/mol. The molecule has 0 atom stereocenters. The number of ether oxygens (including phenoxy) is 1. The van der Waals surface area contributed by atoms with Gasteiger partial charge in [0.1, 0.15) is 5.75 Å². The Kier molecular flexibility index (Phi) is 6.43. The van der Waals surface area contributed by atoms with Gasteiger partial charge in [-0.05, 0) is 55.5 Å². The molecule has 0 aliphatic carbocycles. The van der Waals surface area contributed by atoms with Crippen molar-refractivity contribution in [2.45, 2.75) is 16.7 Å². The van der Waals surface area contributed by atoms with Crippen LogP contribution >= 0.6 is 11.8 Å².